The molecule has 3 heterocycles. The van der Waals surface area contributed by atoms with Crippen LogP contribution in [-0.2, 0) is 6.54 Å². The topological polar surface area (TPSA) is 42.2 Å². The molecule has 4 rings (SSSR count). The Hall–Kier alpha value is -1.20. The summed E-state index contributed by atoms with van der Waals surface area (Å²) in [5.41, 5.74) is 0. The van der Waals surface area contributed by atoms with Gasteiger partial charge in [0, 0.05) is 13.1 Å². The van der Waals surface area contributed by atoms with Crippen molar-refractivity contribution >= 4 is 11.3 Å². The van der Waals surface area contributed by atoms with Gasteiger partial charge in [-0.15, -0.1) is 21.5 Å². The lowest BCUT2D eigenvalue weighted by molar-refractivity contribution is 0.278. The summed E-state index contributed by atoms with van der Waals surface area (Å²) in [6, 6.07) is 4.03. The van der Waals surface area contributed by atoms with Gasteiger partial charge in [0.15, 0.2) is 0 Å². The van der Waals surface area contributed by atoms with Crippen LogP contribution < -0.4 is 0 Å². The van der Waals surface area contributed by atoms with Gasteiger partial charge < -0.3 is 4.42 Å². The van der Waals surface area contributed by atoms with Crippen LogP contribution in [0.3, 0.4) is 0 Å². The van der Waals surface area contributed by atoms with Crippen LogP contribution in [0.4, 0.5) is 0 Å². The Bertz CT molecular complexity index is 551. The van der Waals surface area contributed by atoms with E-state index in [2.05, 4.69) is 15.1 Å². The summed E-state index contributed by atoms with van der Waals surface area (Å²) in [4.78, 5) is 3.55. The summed E-state index contributed by atoms with van der Waals surface area (Å²) >= 11 is 1.64. The Labute approximate surface area is 122 Å². The molecule has 0 radical (unpaired) electrons. The average molecular weight is 289 g/mol. The maximum absolute atomic E-state index is 5.79. The van der Waals surface area contributed by atoms with Crippen molar-refractivity contribution < 1.29 is 4.42 Å². The molecule has 1 aliphatic carbocycles. The number of rotatable bonds is 3. The van der Waals surface area contributed by atoms with Crippen molar-refractivity contribution in [2.45, 2.75) is 32.2 Å². The Morgan fingerprint density at radius 3 is 2.70 bits per heavy atom. The second-order valence-electron chi connectivity index (χ2n) is 5.98. The van der Waals surface area contributed by atoms with E-state index in [1.165, 1.54) is 38.8 Å². The third-order valence-corrected chi connectivity index (χ3v) is 5.47. The highest BCUT2D eigenvalue weighted by Gasteiger charge is 2.34. The zero-order valence-electron chi connectivity index (χ0n) is 11.5. The lowest BCUT2D eigenvalue weighted by Crippen LogP contribution is -2.20. The molecule has 5 heteroatoms. The first kappa shape index (κ1) is 12.5. The fraction of sp³-hybridized carbons (Fsp3) is 0.600. The van der Waals surface area contributed by atoms with Gasteiger partial charge in [-0.1, -0.05) is 18.9 Å². The van der Waals surface area contributed by atoms with Gasteiger partial charge in [0.1, 0.15) is 0 Å². The molecule has 1 saturated carbocycles. The second kappa shape index (κ2) is 5.30. The molecule has 2 fully saturated rings. The number of hydrogen-bond donors (Lipinski definition) is 0. The van der Waals surface area contributed by atoms with Crippen molar-refractivity contribution in [2.24, 2.45) is 11.8 Å². The maximum atomic E-state index is 5.79. The van der Waals surface area contributed by atoms with Crippen molar-refractivity contribution in [2.75, 3.05) is 13.1 Å². The normalized spacial score (nSPS) is 26.8. The van der Waals surface area contributed by atoms with Gasteiger partial charge in [-0.3, -0.25) is 4.90 Å². The average Bonchev–Trinajstić information content (AvgIpc) is 3.18. The highest BCUT2D eigenvalue weighted by atomic mass is 32.1. The zero-order valence-corrected chi connectivity index (χ0v) is 12.3. The predicted octanol–water partition coefficient (Wildman–Crippen LogP) is 3.42. The largest absolute Gasteiger partial charge is 0.419 e. The summed E-state index contributed by atoms with van der Waals surface area (Å²) in [6.45, 7) is 3.23. The number of thiophene rings is 1. The number of fused-ring (bicyclic) bond motifs is 1. The van der Waals surface area contributed by atoms with E-state index in [4.69, 9.17) is 4.42 Å². The van der Waals surface area contributed by atoms with Gasteiger partial charge in [-0.25, -0.2) is 0 Å². The third-order valence-electron chi connectivity index (χ3n) is 4.61. The first-order valence-electron chi connectivity index (χ1n) is 7.47. The minimum Gasteiger partial charge on any atom is -0.419 e. The number of aromatic nitrogens is 2. The fourth-order valence-electron chi connectivity index (χ4n) is 3.64. The highest BCUT2D eigenvalue weighted by Crippen LogP contribution is 2.36. The van der Waals surface area contributed by atoms with E-state index < -0.39 is 0 Å². The van der Waals surface area contributed by atoms with Crippen molar-refractivity contribution in [1.82, 2.24) is 15.1 Å². The molecule has 0 bridgehead atoms. The molecule has 2 unspecified atom stereocenters. The summed E-state index contributed by atoms with van der Waals surface area (Å²) < 4.78 is 5.79. The van der Waals surface area contributed by atoms with E-state index in [0.717, 1.165) is 29.1 Å². The van der Waals surface area contributed by atoms with Crippen LogP contribution in [0.1, 0.15) is 31.6 Å². The Balaban J connectivity index is 1.42. The number of likely N-dealkylation sites (tertiary alicyclic amines) is 1. The van der Waals surface area contributed by atoms with E-state index in [-0.39, 0.29) is 0 Å². The van der Waals surface area contributed by atoms with Crippen molar-refractivity contribution in [3.05, 3.63) is 23.4 Å². The minimum atomic E-state index is 0.659. The summed E-state index contributed by atoms with van der Waals surface area (Å²) in [5.74, 6) is 3.23. The quantitative estimate of drug-likeness (QED) is 0.868. The first-order chi connectivity index (χ1) is 9.88. The molecule has 0 N–H and O–H groups in total. The molecular weight excluding hydrogens is 270 g/mol. The standard InChI is InChI=1S/C15H19N3OS/c1-2-5-12-9-18(8-11(12)4-1)10-14-16-17-15(19-14)13-6-3-7-20-13/h3,6-7,11-12H,1-2,4-5,8-10H2. The molecule has 0 amide bonds. The van der Waals surface area contributed by atoms with Gasteiger partial charge in [0.05, 0.1) is 11.4 Å². The lowest BCUT2D eigenvalue weighted by Gasteiger charge is -2.23. The van der Waals surface area contributed by atoms with E-state index >= 15 is 0 Å². The minimum absolute atomic E-state index is 0.659. The fourth-order valence-corrected chi connectivity index (χ4v) is 4.28. The van der Waals surface area contributed by atoms with Crippen molar-refractivity contribution in [3.8, 4) is 10.8 Å². The van der Waals surface area contributed by atoms with Crippen LogP contribution >= 0.6 is 11.3 Å². The molecule has 0 aromatic carbocycles. The molecule has 2 atom stereocenters. The summed E-state index contributed by atoms with van der Waals surface area (Å²) in [6.07, 6.45) is 5.65. The summed E-state index contributed by atoms with van der Waals surface area (Å²) in [5, 5.41) is 10.4. The molecule has 2 aromatic heterocycles. The van der Waals surface area contributed by atoms with Crippen molar-refractivity contribution in [3.63, 3.8) is 0 Å². The molecule has 20 heavy (non-hydrogen) atoms. The SMILES string of the molecule is c1csc(-c2nnc(CN3CC4CCCCC4C3)o2)c1. The van der Waals surface area contributed by atoms with Crippen LogP contribution in [0.15, 0.2) is 21.9 Å². The number of nitrogens with zero attached hydrogens (tertiary/aromatic N) is 3. The van der Waals surface area contributed by atoms with Crippen LogP contribution in [0, 0.1) is 11.8 Å². The van der Waals surface area contributed by atoms with Crippen LogP contribution in [0.5, 0.6) is 0 Å². The molecule has 1 aliphatic heterocycles. The Morgan fingerprint density at radius 1 is 1.20 bits per heavy atom. The molecule has 106 valence electrons. The molecule has 4 nitrogen and oxygen atoms in total. The van der Waals surface area contributed by atoms with Crippen molar-refractivity contribution in [1.29, 1.82) is 0 Å². The van der Waals surface area contributed by atoms with Crippen LogP contribution in [0.2, 0.25) is 0 Å². The van der Waals surface area contributed by atoms with Crippen LogP contribution in [0.25, 0.3) is 10.8 Å². The van der Waals surface area contributed by atoms with E-state index in [1.807, 2.05) is 17.5 Å². The van der Waals surface area contributed by atoms with E-state index in [1.54, 1.807) is 11.3 Å². The van der Waals surface area contributed by atoms with Gasteiger partial charge in [-0.2, -0.15) is 0 Å². The van der Waals surface area contributed by atoms with Gasteiger partial charge in [0.2, 0.25) is 5.89 Å². The summed E-state index contributed by atoms with van der Waals surface area (Å²) in [7, 11) is 0. The van der Waals surface area contributed by atoms with E-state index in [9.17, 15) is 0 Å². The van der Waals surface area contributed by atoms with Gasteiger partial charge >= 0.3 is 0 Å². The lowest BCUT2D eigenvalue weighted by atomic mass is 9.82. The van der Waals surface area contributed by atoms with E-state index in [0.29, 0.717) is 5.89 Å². The third kappa shape index (κ3) is 2.40. The van der Waals surface area contributed by atoms with Gasteiger partial charge in [-0.05, 0) is 36.1 Å². The molecule has 0 spiro atoms. The first-order valence-corrected chi connectivity index (χ1v) is 8.35. The number of hydrogen-bond acceptors (Lipinski definition) is 5. The van der Waals surface area contributed by atoms with Crippen LogP contribution in [-0.4, -0.2) is 28.2 Å². The Kier molecular flexibility index (Phi) is 3.32. The second-order valence-corrected chi connectivity index (χ2v) is 6.92. The molecule has 2 aliphatic rings. The zero-order chi connectivity index (χ0) is 13.4. The Morgan fingerprint density at radius 2 is 2.00 bits per heavy atom. The predicted molar refractivity (Wildman–Crippen MR) is 78.3 cm³/mol. The highest BCUT2D eigenvalue weighted by molar-refractivity contribution is 7.13. The monoisotopic (exact) mass is 289 g/mol. The van der Waals surface area contributed by atoms with Gasteiger partial charge in [0.25, 0.3) is 5.89 Å². The molecule has 1 saturated heterocycles. The maximum Gasteiger partial charge on any atom is 0.257 e. The smallest absolute Gasteiger partial charge is 0.257 e. The molecular formula is C15H19N3OS. The molecule has 2 aromatic rings.